The highest BCUT2D eigenvalue weighted by atomic mass is 19.1. The summed E-state index contributed by atoms with van der Waals surface area (Å²) in [5.74, 6) is 0.0126. The van der Waals surface area contributed by atoms with Crippen molar-refractivity contribution in [2.45, 2.75) is 20.1 Å². The van der Waals surface area contributed by atoms with Crippen molar-refractivity contribution < 1.29 is 23.3 Å². The fourth-order valence-electron chi connectivity index (χ4n) is 2.43. The second-order valence-corrected chi connectivity index (χ2v) is 5.89. The van der Waals surface area contributed by atoms with Crippen molar-refractivity contribution in [2.75, 3.05) is 6.54 Å². The number of carbonyl (C=O) groups is 1. The molecule has 3 rings (SSSR count). The average molecular weight is 388 g/mol. The number of halogens is 1. The van der Waals surface area contributed by atoms with E-state index in [-0.39, 0.29) is 37.1 Å². The van der Waals surface area contributed by atoms with Gasteiger partial charge in [0.2, 0.25) is 0 Å². The molecule has 0 bridgehead atoms. The van der Waals surface area contributed by atoms with Gasteiger partial charge in [-0.2, -0.15) is 4.68 Å². The first-order valence-electron chi connectivity index (χ1n) is 8.36. The summed E-state index contributed by atoms with van der Waals surface area (Å²) >= 11 is 0. The van der Waals surface area contributed by atoms with Crippen molar-refractivity contribution in [3.63, 3.8) is 0 Å². The summed E-state index contributed by atoms with van der Waals surface area (Å²) in [4.78, 5) is 22.3. The van der Waals surface area contributed by atoms with Crippen LogP contribution in [0.5, 0.6) is 5.75 Å². The molecule has 28 heavy (non-hydrogen) atoms. The summed E-state index contributed by atoms with van der Waals surface area (Å²) in [5, 5.41) is 17.2. The number of benzene rings is 1. The van der Waals surface area contributed by atoms with Gasteiger partial charge in [-0.15, -0.1) is 0 Å². The Morgan fingerprint density at radius 3 is 2.75 bits per heavy atom. The molecule has 10 heteroatoms. The molecule has 0 spiro atoms. The highest BCUT2D eigenvalue weighted by Gasteiger charge is 2.16. The molecule has 1 N–H and O–H groups in total. The van der Waals surface area contributed by atoms with Crippen molar-refractivity contribution in [3.05, 3.63) is 75.6 Å². The van der Waals surface area contributed by atoms with Gasteiger partial charge >= 0.3 is 5.82 Å². The number of amides is 1. The van der Waals surface area contributed by atoms with Gasteiger partial charge in [-0.1, -0.05) is 0 Å². The Hall–Kier alpha value is -3.69. The second-order valence-electron chi connectivity index (χ2n) is 5.89. The molecule has 0 saturated heterocycles. The number of furan rings is 1. The molecule has 1 aromatic carbocycles. The van der Waals surface area contributed by atoms with Gasteiger partial charge in [-0.3, -0.25) is 4.79 Å². The lowest BCUT2D eigenvalue weighted by Gasteiger charge is -2.04. The molecule has 0 saturated carbocycles. The number of rotatable bonds is 8. The molecule has 0 aliphatic rings. The first kappa shape index (κ1) is 19.1. The zero-order valence-electron chi connectivity index (χ0n) is 14.9. The van der Waals surface area contributed by atoms with Gasteiger partial charge < -0.3 is 24.6 Å². The van der Waals surface area contributed by atoms with Crippen LogP contribution in [0.2, 0.25) is 0 Å². The van der Waals surface area contributed by atoms with Gasteiger partial charge in [0.1, 0.15) is 23.9 Å². The van der Waals surface area contributed by atoms with E-state index in [0.717, 1.165) is 0 Å². The van der Waals surface area contributed by atoms with Gasteiger partial charge in [-0.25, -0.2) is 4.39 Å². The number of hydrogen-bond donors (Lipinski definition) is 1. The Morgan fingerprint density at radius 1 is 1.32 bits per heavy atom. The van der Waals surface area contributed by atoms with E-state index < -0.39 is 10.8 Å². The van der Waals surface area contributed by atoms with E-state index in [2.05, 4.69) is 10.4 Å². The van der Waals surface area contributed by atoms with Crippen molar-refractivity contribution in [1.82, 2.24) is 15.1 Å². The largest absolute Gasteiger partial charge is 0.486 e. The Balaban J connectivity index is 1.48. The van der Waals surface area contributed by atoms with Crippen LogP contribution in [0.3, 0.4) is 0 Å². The van der Waals surface area contributed by atoms with Crippen molar-refractivity contribution in [1.29, 1.82) is 0 Å². The molecule has 0 unspecified atom stereocenters. The lowest BCUT2D eigenvalue weighted by atomic mass is 10.3. The van der Waals surface area contributed by atoms with Gasteiger partial charge in [0.15, 0.2) is 5.76 Å². The smallest absolute Gasteiger partial charge is 0.390 e. The molecular formula is C18H17FN4O5. The van der Waals surface area contributed by atoms with E-state index in [1.165, 1.54) is 41.1 Å². The zero-order chi connectivity index (χ0) is 20.1. The maximum Gasteiger partial charge on any atom is 0.390 e. The van der Waals surface area contributed by atoms with E-state index in [0.29, 0.717) is 17.2 Å². The summed E-state index contributed by atoms with van der Waals surface area (Å²) < 4.78 is 25.2. The summed E-state index contributed by atoms with van der Waals surface area (Å²) in [6.45, 7) is 2.30. The topological polar surface area (TPSA) is 112 Å². The standard InChI is InChI=1S/C18H17FN4O5/c1-12-10-17(23(25)26)21-22(12)9-8-20-18(24)16-7-6-15(28-16)11-27-14-4-2-13(19)3-5-14/h2-7,10H,8-9,11H2,1H3,(H,20,24). The predicted octanol–water partition coefficient (Wildman–Crippen LogP) is 2.84. The minimum atomic E-state index is -0.569. The number of nitro groups is 1. The average Bonchev–Trinajstić information content (AvgIpc) is 3.28. The maximum atomic E-state index is 12.9. The molecule has 146 valence electrons. The van der Waals surface area contributed by atoms with Crippen LogP contribution >= 0.6 is 0 Å². The van der Waals surface area contributed by atoms with Crippen molar-refractivity contribution in [3.8, 4) is 5.75 Å². The molecule has 9 nitrogen and oxygen atoms in total. The van der Waals surface area contributed by atoms with Crippen LogP contribution < -0.4 is 10.1 Å². The first-order chi connectivity index (χ1) is 13.4. The molecule has 0 radical (unpaired) electrons. The number of hydrogen-bond acceptors (Lipinski definition) is 6. The molecule has 2 aromatic heterocycles. The highest BCUT2D eigenvalue weighted by Crippen LogP contribution is 2.15. The summed E-state index contributed by atoms with van der Waals surface area (Å²) in [6, 6.07) is 10.0. The van der Waals surface area contributed by atoms with Crippen LogP contribution in [0.15, 0.2) is 46.9 Å². The number of aryl methyl sites for hydroxylation is 1. The van der Waals surface area contributed by atoms with Crippen LogP contribution in [-0.2, 0) is 13.2 Å². The molecule has 0 aliphatic heterocycles. The number of nitrogens with one attached hydrogen (secondary N) is 1. The third kappa shape index (κ3) is 4.72. The predicted molar refractivity (Wildman–Crippen MR) is 95.4 cm³/mol. The number of carbonyl (C=O) groups excluding carboxylic acids is 1. The molecule has 2 heterocycles. The fourth-order valence-corrected chi connectivity index (χ4v) is 2.43. The maximum absolute atomic E-state index is 12.9. The summed E-state index contributed by atoms with van der Waals surface area (Å²) in [6.07, 6.45) is 0. The van der Waals surface area contributed by atoms with E-state index in [4.69, 9.17) is 9.15 Å². The minimum absolute atomic E-state index is 0.0923. The van der Waals surface area contributed by atoms with Gasteiger partial charge in [-0.05, 0) is 48.2 Å². The lowest BCUT2D eigenvalue weighted by molar-refractivity contribution is -0.389. The second kappa shape index (κ2) is 8.33. The molecule has 3 aromatic rings. The lowest BCUT2D eigenvalue weighted by Crippen LogP contribution is -2.27. The van der Waals surface area contributed by atoms with E-state index in [9.17, 15) is 19.3 Å². The van der Waals surface area contributed by atoms with Crippen LogP contribution in [0.4, 0.5) is 10.2 Å². The van der Waals surface area contributed by atoms with Crippen LogP contribution in [0.1, 0.15) is 22.0 Å². The zero-order valence-corrected chi connectivity index (χ0v) is 14.9. The van der Waals surface area contributed by atoms with E-state index >= 15 is 0 Å². The Bertz CT molecular complexity index is 980. The van der Waals surface area contributed by atoms with Gasteiger partial charge in [0.25, 0.3) is 5.91 Å². The third-order valence-corrected chi connectivity index (χ3v) is 3.84. The SMILES string of the molecule is Cc1cc([N+](=O)[O-])nn1CCNC(=O)c1ccc(COc2ccc(F)cc2)o1. The van der Waals surface area contributed by atoms with Crippen molar-refractivity contribution in [2.24, 2.45) is 0 Å². The first-order valence-corrected chi connectivity index (χ1v) is 8.36. The van der Waals surface area contributed by atoms with Crippen molar-refractivity contribution >= 4 is 11.7 Å². The molecule has 0 aliphatic carbocycles. The minimum Gasteiger partial charge on any atom is -0.486 e. The van der Waals surface area contributed by atoms with E-state index in [1.807, 2.05) is 0 Å². The summed E-state index contributed by atoms with van der Waals surface area (Å²) in [7, 11) is 0. The molecule has 1 amide bonds. The molecule has 0 fully saturated rings. The number of aromatic nitrogens is 2. The number of ether oxygens (including phenoxy) is 1. The van der Waals surface area contributed by atoms with Crippen LogP contribution in [0.25, 0.3) is 0 Å². The third-order valence-electron chi connectivity index (χ3n) is 3.84. The molecule has 0 atom stereocenters. The van der Waals surface area contributed by atoms with Crippen LogP contribution in [-0.4, -0.2) is 27.2 Å². The summed E-state index contributed by atoms with van der Waals surface area (Å²) in [5.41, 5.74) is 0.624. The Morgan fingerprint density at radius 2 is 2.07 bits per heavy atom. The Labute approximate surface area is 158 Å². The molecular weight excluding hydrogens is 371 g/mol. The quantitative estimate of drug-likeness (QED) is 0.469. The normalized spacial score (nSPS) is 10.6. The van der Waals surface area contributed by atoms with E-state index in [1.54, 1.807) is 13.0 Å². The van der Waals surface area contributed by atoms with Crippen LogP contribution in [0, 0.1) is 22.9 Å². The Kier molecular flexibility index (Phi) is 5.68. The highest BCUT2D eigenvalue weighted by molar-refractivity contribution is 5.91. The number of nitrogens with zero attached hydrogens (tertiary/aromatic N) is 3. The monoisotopic (exact) mass is 388 g/mol. The van der Waals surface area contributed by atoms with Gasteiger partial charge in [0.05, 0.1) is 23.4 Å². The van der Waals surface area contributed by atoms with Gasteiger partial charge in [0, 0.05) is 6.54 Å². The fraction of sp³-hybridized carbons (Fsp3) is 0.222.